The molecule has 2 rings (SSSR count). The quantitative estimate of drug-likeness (QED) is 0.474. The fraction of sp³-hybridized carbons (Fsp3) is 0.556. The van der Waals surface area contributed by atoms with Gasteiger partial charge in [0.15, 0.2) is 0 Å². The second-order valence-corrected chi connectivity index (χ2v) is 5.48. The Morgan fingerprint density at radius 2 is 1.16 bits per heavy atom. The van der Waals surface area contributed by atoms with E-state index >= 15 is 0 Å². The van der Waals surface area contributed by atoms with Crippen molar-refractivity contribution in [2.75, 3.05) is 0 Å². The van der Waals surface area contributed by atoms with Gasteiger partial charge >= 0.3 is 0 Å². The van der Waals surface area contributed by atoms with Gasteiger partial charge in [0.1, 0.15) is 0 Å². The second kappa shape index (κ2) is 9.48. The summed E-state index contributed by atoms with van der Waals surface area (Å²) in [7, 11) is 0. The molecular formula is C18H28Ru. The Labute approximate surface area is 132 Å². The van der Waals surface area contributed by atoms with E-state index in [4.69, 9.17) is 0 Å². The summed E-state index contributed by atoms with van der Waals surface area (Å²) in [5.74, 6) is 0.694. The first-order valence-electron chi connectivity index (χ1n) is 7.22. The zero-order valence-corrected chi connectivity index (χ0v) is 14.8. The molecule has 0 aromatic carbocycles. The fourth-order valence-corrected chi connectivity index (χ4v) is 2.44. The third-order valence-electron chi connectivity index (χ3n) is 4.42. The van der Waals surface area contributed by atoms with Crippen LogP contribution in [0.1, 0.15) is 60.3 Å². The molecule has 108 valence electrons. The molecule has 0 unspecified atom stereocenters. The summed E-state index contributed by atoms with van der Waals surface area (Å²) in [6.45, 7) is 11.2. The fourth-order valence-electron chi connectivity index (χ4n) is 2.44. The van der Waals surface area contributed by atoms with Crippen molar-refractivity contribution in [1.29, 1.82) is 0 Å². The van der Waals surface area contributed by atoms with Gasteiger partial charge in [-0.15, -0.1) is 0 Å². The van der Waals surface area contributed by atoms with Crippen molar-refractivity contribution in [3.8, 4) is 0 Å². The summed E-state index contributed by atoms with van der Waals surface area (Å²) in [5, 5.41) is 0. The molecule has 2 aliphatic carbocycles. The molecule has 0 saturated carbocycles. The molecule has 0 radical (unpaired) electrons. The maximum absolute atomic E-state index is 2.28. The van der Waals surface area contributed by atoms with Gasteiger partial charge in [-0.3, -0.25) is 0 Å². The van der Waals surface area contributed by atoms with Crippen LogP contribution in [-0.2, 0) is 19.5 Å². The molecule has 19 heavy (non-hydrogen) atoms. The van der Waals surface area contributed by atoms with Crippen LogP contribution in [0, 0.1) is 5.92 Å². The molecule has 0 spiro atoms. The van der Waals surface area contributed by atoms with E-state index in [-0.39, 0.29) is 19.5 Å². The van der Waals surface area contributed by atoms with E-state index in [0.717, 1.165) is 0 Å². The molecule has 0 aromatic heterocycles. The Balaban J connectivity index is 0.000000331. The minimum absolute atomic E-state index is 0. The Kier molecular flexibility index (Phi) is 9.27. The van der Waals surface area contributed by atoms with Gasteiger partial charge in [-0.05, 0) is 70.4 Å². The predicted molar refractivity (Wildman–Crippen MR) is 82.7 cm³/mol. The summed E-state index contributed by atoms with van der Waals surface area (Å²) in [6.07, 6.45) is 14.0. The summed E-state index contributed by atoms with van der Waals surface area (Å²) in [6, 6.07) is 0. The number of allylic oxidation sites excluding steroid dienone is 8. The van der Waals surface area contributed by atoms with Crippen LogP contribution in [0.4, 0.5) is 0 Å². The van der Waals surface area contributed by atoms with Crippen LogP contribution in [-0.4, -0.2) is 0 Å². The Bertz CT molecular complexity index is 356. The van der Waals surface area contributed by atoms with Crippen molar-refractivity contribution in [3.63, 3.8) is 0 Å². The van der Waals surface area contributed by atoms with Crippen LogP contribution in [0.15, 0.2) is 46.6 Å². The average molecular weight is 345 g/mol. The van der Waals surface area contributed by atoms with Gasteiger partial charge in [0.2, 0.25) is 0 Å². The van der Waals surface area contributed by atoms with Crippen molar-refractivity contribution < 1.29 is 19.5 Å². The second-order valence-electron chi connectivity index (χ2n) is 5.48. The minimum atomic E-state index is 0. The SMILES string of the molecule is C1=CCCCCC=C1.CC1=C(C)C(C)C(C)=C1C.[Ru]. The van der Waals surface area contributed by atoms with Crippen molar-refractivity contribution in [2.45, 2.75) is 60.3 Å². The molecular weight excluding hydrogens is 317 g/mol. The van der Waals surface area contributed by atoms with Gasteiger partial charge in [-0.1, -0.05) is 42.4 Å². The van der Waals surface area contributed by atoms with Crippen LogP contribution >= 0.6 is 0 Å². The van der Waals surface area contributed by atoms with Crippen molar-refractivity contribution in [2.24, 2.45) is 5.92 Å². The summed E-state index contributed by atoms with van der Waals surface area (Å²) in [5.41, 5.74) is 6.11. The summed E-state index contributed by atoms with van der Waals surface area (Å²) >= 11 is 0. The van der Waals surface area contributed by atoms with E-state index < -0.39 is 0 Å². The van der Waals surface area contributed by atoms with E-state index in [2.05, 4.69) is 58.9 Å². The van der Waals surface area contributed by atoms with Crippen LogP contribution < -0.4 is 0 Å². The van der Waals surface area contributed by atoms with Gasteiger partial charge in [0, 0.05) is 19.5 Å². The first-order valence-corrected chi connectivity index (χ1v) is 7.22. The van der Waals surface area contributed by atoms with Gasteiger partial charge in [-0.2, -0.15) is 0 Å². The number of hydrogen-bond acceptors (Lipinski definition) is 0. The van der Waals surface area contributed by atoms with Crippen molar-refractivity contribution >= 4 is 0 Å². The molecule has 0 bridgehead atoms. The molecule has 1 heteroatoms. The molecule has 2 aliphatic rings. The third-order valence-corrected chi connectivity index (χ3v) is 4.42. The number of rotatable bonds is 0. The minimum Gasteiger partial charge on any atom is -0.0845 e. The zero-order chi connectivity index (χ0) is 13.5. The molecule has 0 nitrogen and oxygen atoms in total. The monoisotopic (exact) mass is 346 g/mol. The predicted octanol–water partition coefficient (Wildman–Crippen LogP) is 5.98. The smallest absolute Gasteiger partial charge is 0 e. The Hall–Kier alpha value is -0.417. The topological polar surface area (TPSA) is 0 Å². The van der Waals surface area contributed by atoms with Gasteiger partial charge in [-0.25, -0.2) is 0 Å². The third kappa shape index (κ3) is 5.61. The Morgan fingerprint density at radius 3 is 1.42 bits per heavy atom. The largest absolute Gasteiger partial charge is 0.0845 e. The molecule has 0 aliphatic heterocycles. The van der Waals surface area contributed by atoms with E-state index in [9.17, 15) is 0 Å². The maximum Gasteiger partial charge on any atom is 0 e. The average Bonchev–Trinajstić information content (AvgIpc) is 2.48. The maximum atomic E-state index is 2.28. The standard InChI is InChI=1S/C10H16.C8H12.Ru/c1-6-7(2)9(4)10(5)8(6)3;1-2-4-6-8-7-5-3-1;/h6H,1-5H3;1-4H,5-8H2;. The molecule has 0 atom stereocenters. The molecule has 0 saturated heterocycles. The first kappa shape index (κ1) is 18.6. The molecule has 0 fully saturated rings. The molecule has 0 heterocycles. The van der Waals surface area contributed by atoms with Gasteiger partial charge in [0.25, 0.3) is 0 Å². The van der Waals surface area contributed by atoms with Gasteiger partial charge < -0.3 is 0 Å². The molecule has 0 aromatic rings. The zero-order valence-electron chi connectivity index (χ0n) is 13.1. The Morgan fingerprint density at radius 1 is 0.789 bits per heavy atom. The van der Waals surface area contributed by atoms with Crippen LogP contribution in [0.25, 0.3) is 0 Å². The van der Waals surface area contributed by atoms with E-state index in [1.807, 2.05) is 0 Å². The normalized spacial score (nSPS) is 19.6. The van der Waals surface area contributed by atoms with E-state index in [0.29, 0.717) is 5.92 Å². The van der Waals surface area contributed by atoms with Gasteiger partial charge in [0.05, 0.1) is 0 Å². The van der Waals surface area contributed by atoms with E-state index in [1.165, 1.54) is 36.8 Å². The van der Waals surface area contributed by atoms with E-state index in [1.54, 1.807) is 11.1 Å². The van der Waals surface area contributed by atoms with Crippen molar-refractivity contribution in [3.05, 3.63) is 46.6 Å². The summed E-state index contributed by atoms with van der Waals surface area (Å²) in [4.78, 5) is 0. The summed E-state index contributed by atoms with van der Waals surface area (Å²) < 4.78 is 0. The van der Waals surface area contributed by atoms with Crippen LogP contribution in [0.2, 0.25) is 0 Å². The molecule has 0 amide bonds. The molecule has 0 N–H and O–H groups in total. The number of hydrogen-bond donors (Lipinski definition) is 0. The first-order chi connectivity index (χ1) is 8.55. The van der Waals surface area contributed by atoms with Crippen LogP contribution in [0.5, 0.6) is 0 Å². The van der Waals surface area contributed by atoms with Crippen molar-refractivity contribution in [1.82, 2.24) is 0 Å². The van der Waals surface area contributed by atoms with Crippen LogP contribution in [0.3, 0.4) is 0 Å².